The molecule has 1 heterocycles. The second-order valence-corrected chi connectivity index (χ2v) is 8.19. The minimum absolute atomic E-state index is 0.0621. The summed E-state index contributed by atoms with van der Waals surface area (Å²) in [5, 5.41) is 14.0. The number of carbonyl (C=O) groups excluding carboxylic acids is 2. The van der Waals surface area contributed by atoms with Crippen LogP contribution in [-0.2, 0) is 25.5 Å². The van der Waals surface area contributed by atoms with Crippen LogP contribution in [0.1, 0.15) is 50.0 Å². The topological polar surface area (TPSA) is 103 Å². The van der Waals surface area contributed by atoms with E-state index >= 15 is 0 Å². The molecule has 1 aliphatic heterocycles. The van der Waals surface area contributed by atoms with Crippen molar-refractivity contribution in [2.75, 3.05) is 19.8 Å². The Morgan fingerprint density at radius 1 is 1.00 bits per heavy atom. The van der Waals surface area contributed by atoms with Crippen LogP contribution in [0, 0.1) is 6.92 Å². The first-order valence-corrected chi connectivity index (χ1v) is 11.7. The molecule has 34 heavy (non-hydrogen) atoms. The van der Waals surface area contributed by atoms with Gasteiger partial charge in [0, 0.05) is 12.6 Å². The van der Waals surface area contributed by atoms with Crippen molar-refractivity contribution < 1.29 is 33.6 Å². The third-order valence-electron chi connectivity index (χ3n) is 5.61. The van der Waals surface area contributed by atoms with Crippen molar-refractivity contribution in [3.8, 4) is 11.5 Å². The summed E-state index contributed by atoms with van der Waals surface area (Å²) in [5.41, 5.74) is 2.90. The molecule has 0 fully saturated rings. The van der Waals surface area contributed by atoms with Crippen molar-refractivity contribution in [3.05, 3.63) is 59.2 Å². The number of aryl methyl sites for hydroxylation is 1. The predicted octanol–water partition coefficient (Wildman–Crippen LogP) is 3.23. The van der Waals surface area contributed by atoms with Gasteiger partial charge in [-0.1, -0.05) is 42.8 Å². The van der Waals surface area contributed by atoms with Crippen molar-refractivity contribution in [1.29, 1.82) is 0 Å². The zero-order valence-electron chi connectivity index (χ0n) is 20.1. The van der Waals surface area contributed by atoms with E-state index in [9.17, 15) is 14.7 Å². The summed E-state index contributed by atoms with van der Waals surface area (Å²) in [6.07, 6.45) is 0.879. The first-order chi connectivity index (χ1) is 16.3. The summed E-state index contributed by atoms with van der Waals surface area (Å²) in [6, 6.07) is 13.2. The lowest BCUT2D eigenvalue weighted by Crippen LogP contribution is -2.55. The Balaban J connectivity index is 1.69. The van der Waals surface area contributed by atoms with Gasteiger partial charge in [0.1, 0.15) is 0 Å². The van der Waals surface area contributed by atoms with Gasteiger partial charge in [-0.25, -0.2) is 9.59 Å². The van der Waals surface area contributed by atoms with E-state index in [0.29, 0.717) is 13.0 Å². The smallest absolute Gasteiger partial charge is 0.453 e. The molecule has 0 aliphatic carbocycles. The second kappa shape index (κ2) is 11.4. The van der Waals surface area contributed by atoms with Gasteiger partial charge in [0.25, 0.3) is 0 Å². The van der Waals surface area contributed by atoms with Gasteiger partial charge in [-0.3, -0.25) is 0 Å². The maximum atomic E-state index is 12.5. The maximum absolute atomic E-state index is 12.5. The summed E-state index contributed by atoms with van der Waals surface area (Å²) < 4.78 is 21.4. The van der Waals surface area contributed by atoms with E-state index in [4.69, 9.17) is 18.9 Å². The Morgan fingerprint density at radius 2 is 1.68 bits per heavy atom. The van der Waals surface area contributed by atoms with E-state index in [1.54, 1.807) is 26.0 Å². The van der Waals surface area contributed by atoms with Crippen LogP contribution in [-0.4, -0.2) is 48.6 Å². The van der Waals surface area contributed by atoms with Gasteiger partial charge >= 0.3 is 17.7 Å². The third kappa shape index (κ3) is 5.69. The number of aliphatic hydroxyl groups excluding tert-OH is 1. The normalized spacial score (nSPS) is 15.4. The van der Waals surface area contributed by atoms with Gasteiger partial charge < -0.3 is 29.4 Å². The van der Waals surface area contributed by atoms with Crippen LogP contribution in [0.15, 0.2) is 42.5 Å². The van der Waals surface area contributed by atoms with Crippen molar-refractivity contribution in [1.82, 2.24) is 5.32 Å². The quantitative estimate of drug-likeness (QED) is 0.380. The number of rotatable bonds is 11. The standard InChI is InChI=1S/C26H33NO7/c1-5-20(27-16-21(28)19-10-8-9-17(4)13-19)14-18-11-12-22-23(15-18)34-26(33-22,24(29)31-6-2)25(30)32-7-3/h8-13,15,20-21,27-28H,5-7,14,16H2,1-4H3. The highest BCUT2D eigenvalue weighted by Gasteiger charge is 2.59. The molecule has 3 rings (SSSR count). The van der Waals surface area contributed by atoms with Crippen molar-refractivity contribution in [2.45, 2.75) is 58.5 Å². The zero-order chi connectivity index (χ0) is 24.7. The van der Waals surface area contributed by atoms with E-state index < -0.39 is 23.8 Å². The molecule has 8 nitrogen and oxygen atoms in total. The number of ether oxygens (including phenoxy) is 4. The molecule has 0 bridgehead atoms. The SMILES string of the molecule is CCOC(=O)C1(C(=O)OCC)Oc2ccc(CC(CC)NCC(O)c3cccc(C)c3)cc2O1. The summed E-state index contributed by atoms with van der Waals surface area (Å²) >= 11 is 0. The average Bonchev–Trinajstić information content (AvgIpc) is 3.22. The highest BCUT2D eigenvalue weighted by molar-refractivity contribution is 6.03. The number of hydrogen-bond donors (Lipinski definition) is 2. The van der Waals surface area contributed by atoms with E-state index in [1.165, 1.54) is 0 Å². The van der Waals surface area contributed by atoms with E-state index in [1.807, 2.05) is 37.3 Å². The Morgan fingerprint density at radius 3 is 2.29 bits per heavy atom. The van der Waals surface area contributed by atoms with Crippen LogP contribution in [0.4, 0.5) is 0 Å². The Kier molecular flexibility index (Phi) is 8.52. The zero-order valence-corrected chi connectivity index (χ0v) is 20.1. The minimum Gasteiger partial charge on any atom is -0.460 e. The van der Waals surface area contributed by atoms with Gasteiger partial charge in [-0.15, -0.1) is 0 Å². The van der Waals surface area contributed by atoms with Gasteiger partial charge in [-0.2, -0.15) is 0 Å². The van der Waals surface area contributed by atoms with Crippen molar-refractivity contribution in [3.63, 3.8) is 0 Å². The van der Waals surface area contributed by atoms with E-state index in [2.05, 4.69) is 12.2 Å². The molecular formula is C26H33NO7. The fourth-order valence-electron chi connectivity index (χ4n) is 3.80. The van der Waals surface area contributed by atoms with Crippen LogP contribution in [0.25, 0.3) is 0 Å². The molecule has 2 aromatic carbocycles. The average molecular weight is 472 g/mol. The molecule has 2 unspecified atom stereocenters. The summed E-state index contributed by atoms with van der Waals surface area (Å²) in [7, 11) is 0. The molecule has 0 amide bonds. The van der Waals surface area contributed by atoms with Crippen LogP contribution in [0.3, 0.4) is 0 Å². The molecular weight excluding hydrogens is 438 g/mol. The molecule has 0 aromatic heterocycles. The van der Waals surface area contributed by atoms with Gasteiger partial charge in [0.2, 0.25) is 0 Å². The number of aliphatic hydroxyl groups is 1. The van der Waals surface area contributed by atoms with Crippen molar-refractivity contribution in [2.24, 2.45) is 0 Å². The molecule has 1 aliphatic rings. The van der Waals surface area contributed by atoms with Gasteiger partial charge in [-0.05, 0) is 56.9 Å². The number of benzene rings is 2. The Hall–Kier alpha value is -3.10. The molecule has 0 saturated carbocycles. The molecule has 0 spiro atoms. The molecule has 0 radical (unpaired) electrons. The summed E-state index contributed by atoms with van der Waals surface area (Å²) in [6.45, 7) is 7.86. The number of fused-ring (bicyclic) bond motifs is 1. The molecule has 0 saturated heterocycles. The third-order valence-corrected chi connectivity index (χ3v) is 5.61. The molecule has 8 heteroatoms. The van der Waals surface area contributed by atoms with E-state index in [0.717, 1.165) is 23.1 Å². The second-order valence-electron chi connectivity index (χ2n) is 8.19. The predicted molar refractivity (Wildman–Crippen MR) is 126 cm³/mol. The van der Waals surface area contributed by atoms with Crippen LogP contribution < -0.4 is 14.8 Å². The first-order valence-electron chi connectivity index (χ1n) is 11.7. The number of hydrogen-bond acceptors (Lipinski definition) is 8. The number of nitrogens with one attached hydrogen (secondary N) is 1. The monoisotopic (exact) mass is 471 g/mol. The fourth-order valence-corrected chi connectivity index (χ4v) is 3.80. The lowest BCUT2D eigenvalue weighted by atomic mass is 10.0. The highest BCUT2D eigenvalue weighted by atomic mass is 16.8. The van der Waals surface area contributed by atoms with Crippen LogP contribution in [0.2, 0.25) is 0 Å². The summed E-state index contributed by atoms with van der Waals surface area (Å²) in [4.78, 5) is 25.1. The highest BCUT2D eigenvalue weighted by Crippen LogP contribution is 2.41. The first kappa shape index (κ1) is 25.5. The Labute approximate surface area is 200 Å². The molecule has 2 N–H and O–H groups in total. The lowest BCUT2D eigenvalue weighted by Gasteiger charge is -2.22. The maximum Gasteiger partial charge on any atom is 0.453 e. The van der Waals surface area contributed by atoms with Crippen LogP contribution >= 0.6 is 0 Å². The number of carbonyl (C=O) groups is 2. The van der Waals surface area contributed by atoms with Gasteiger partial charge in [0.05, 0.1) is 19.3 Å². The van der Waals surface area contributed by atoms with E-state index in [-0.39, 0.29) is 30.8 Å². The van der Waals surface area contributed by atoms with Crippen LogP contribution in [0.5, 0.6) is 11.5 Å². The minimum atomic E-state index is -2.30. The lowest BCUT2D eigenvalue weighted by molar-refractivity contribution is -0.202. The molecule has 2 aromatic rings. The largest absolute Gasteiger partial charge is 0.460 e. The molecule has 184 valence electrons. The Bertz CT molecular complexity index is 988. The molecule has 2 atom stereocenters. The number of esters is 2. The summed E-state index contributed by atoms with van der Waals surface area (Å²) in [5.74, 6) is -3.67. The van der Waals surface area contributed by atoms with Gasteiger partial charge in [0.15, 0.2) is 11.5 Å². The van der Waals surface area contributed by atoms with Crippen molar-refractivity contribution >= 4 is 11.9 Å². The fraction of sp³-hybridized carbons (Fsp3) is 0.462.